The molecule has 0 aromatic heterocycles. The van der Waals surface area contributed by atoms with Crippen molar-refractivity contribution >= 4 is 11.9 Å². The SMILES string of the molecule is CCCCC/C=C\C/C=C\CCCCCCCCCCCC(=O)OCCCCCCCCCCCCCCCCCCCCCCCCCCCCCCCCCCCCCCCCCC(=O)NC(COC1OC(CO)C(O)C(O)C1O)C(O)/C=C/CCCCCCCCCCCCC. The van der Waals surface area contributed by atoms with E-state index in [2.05, 4.69) is 43.5 Å². The average molecular weight is 1400 g/mol. The van der Waals surface area contributed by atoms with Gasteiger partial charge in [-0.25, -0.2) is 0 Å². The summed E-state index contributed by atoms with van der Waals surface area (Å²) in [5.41, 5.74) is 0. The van der Waals surface area contributed by atoms with Gasteiger partial charge in [-0.05, 0) is 64.2 Å². The van der Waals surface area contributed by atoms with Crippen LogP contribution in [0.5, 0.6) is 0 Å². The number of nitrogens with one attached hydrogen (secondary N) is 1. The lowest BCUT2D eigenvalue weighted by atomic mass is 9.99. The molecule has 0 radical (unpaired) electrons. The minimum atomic E-state index is -1.57. The van der Waals surface area contributed by atoms with E-state index in [9.17, 15) is 35.1 Å². The Kier molecular flexibility index (Phi) is 73.8. The minimum absolute atomic E-state index is 0.0154. The second-order valence-electron chi connectivity index (χ2n) is 30.6. The second kappa shape index (κ2) is 77.0. The molecular weight excluding hydrogens is 1230 g/mol. The topological polar surface area (TPSA) is 175 Å². The Morgan fingerprint density at radius 3 is 1.04 bits per heavy atom. The zero-order valence-electron chi connectivity index (χ0n) is 65.5. The first-order valence-electron chi connectivity index (χ1n) is 43.8. The summed E-state index contributed by atoms with van der Waals surface area (Å²) < 4.78 is 16.8. The fraction of sp³-hybridized carbons (Fsp3) is 0.909. The van der Waals surface area contributed by atoms with Crippen molar-refractivity contribution in [3.05, 3.63) is 36.5 Å². The zero-order chi connectivity index (χ0) is 71.5. The Morgan fingerprint density at radius 1 is 0.374 bits per heavy atom. The lowest BCUT2D eigenvalue weighted by molar-refractivity contribution is -0.302. The van der Waals surface area contributed by atoms with Crippen molar-refractivity contribution < 1.29 is 49.3 Å². The Hall–Kier alpha value is -2.12. The molecule has 0 spiro atoms. The minimum Gasteiger partial charge on any atom is -0.466 e. The molecule has 1 heterocycles. The lowest BCUT2D eigenvalue weighted by Crippen LogP contribution is -2.60. The van der Waals surface area contributed by atoms with Crippen LogP contribution in [0.4, 0.5) is 0 Å². The summed E-state index contributed by atoms with van der Waals surface area (Å²) in [5.74, 6) is -0.157. The van der Waals surface area contributed by atoms with Crippen molar-refractivity contribution in [2.24, 2.45) is 0 Å². The van der Waals surface area contributed by atoms with Gasteiger partial charge in [-0.15, -0.1) is 0 Å². The lowest BCUT2D eigenvalue weighted by Gasteiger charge is -2.40. The fourth-order valence-electron chi connectivity index (χ4n) is 14.2. The van der Waals surface area contributed by atoms with Gasteiger partial charge in [0.2, 0.25) is 5.91 Å². The van der Waals surface area contributed by atoms with Gasteiger partial charge in [-0.2, -0.15) is 0 Å². The van der Waals surface area contributed by atoms with Gasteiger partial charge in [0, 0.05) is 12.8 Å². The summed E-state index contributed by atoms with van der Waals surface area (Å²) in [7, 11) is 0. The molecule has 1 aliphatic rings. The Bertz CT molecular complexity index is 1740. The normalized spacial score (nSPS) is 17.3. The van der Waals surface area contributed by atoms with E-state index in [4.69, 9.17) is 14.2 Å². The predicted molar refractivity (Wildman–Crippen MR) is 421 cm³/mol. The maximum atomic E-state index is 13.1. The Balaban J connectivity index is 1.84. The van der Waals surface area contributed by atoms with Gasteiger partial charge in [0.05, 0.1) is 32.0 Å². The number of esters is 1. The van der Waals surface area contributed by atoms with Gasteiger partial charge < -0.3 is 45.1 Å². The van der Waals surface area contributed by atoms with Gasteiger partial charge in [0.25, 0.3) is 0 Å². The smallest absolute Gasteiger partial charge is 0.305 e. The van der Waals surface area contributed by atoms with Crippen LogP contribution in [0.2, 0.25) is 0 Å². The number of carbonyl (C=O) groups is 2. The highest BCUT2D eigenvalue weighted by molar-refractivity contribution is 5.76. The highest BCUT2D eigenvalue weighted by Gasteiger charge is 2.44. The summed E-state index contributed by atoms with van der Waals surface area (Å²) in [6.45, 7) is 4.38. The van der Waals surface area contributed by atoms with Gasteiger partial charge in [-0.3, -0.25) is 9.59 Å². The number of ether oxygens (including phenoxy) is 3. The number of aliphatic hydroxyl groups excluding tert-OH is 5. The molecule has 0 bridgehead atoms. The number of unbranched alkanes of at least 4 members (excludes halogenated alkanes) is 61. The first-order valence-corrected chi connectivity index (χ1v) is 43.8. The molecule has 11 nitrogen and oxygen atoms in total. The number of aliphatic hydroxyl groups is 5. The fourth-order valence-corrected chi connectivity index (χ4v) is 14.2. The van der Waals surface area contributed by atoms with Crippen molar-refractivity contribution in [3.63, 3.8) is 0 Å². The summed E-state index contributed by atoms with van der Waals surface area (Å²) in [5, 5.41) is 54.6. The number of allylic oxidation sites excluding steroid dienone is 5. The largest absolute Gasteiger partial charge is 0.466 e. The van der Waals surface area contributed by atoms with E-state index in [1.54, 1.807) is 6.08 Å². The van der Waals surface area contributed by atoms with Gasteiger partial charge in [0.1, 0.15) is 24.4 Å². The van der Waals surface area contributed by atoms with Crippen LogP contribution in [0.25, 0.3) is 0 Å². The Morgan fingerprint density at radius 2 is 0.677 bits per heavy atom. The molecule has 1 amide bonds. The zero-order valence-corrected chi connectivity index (χ0v) is 65.5. The molecule has 1 saturated heterocycles. The van der Waals surface area contributed by atoms with E-state index < -0.39 is 49.5 Å². The van der Waals surface area contributed by atoms with E-state index in [0.29, 0.717) is 19.4 Å². The van der Waals surface area contributed by atoms with Gasteiger partial charge >= 0.3 is 5.97 Å². The standard InChI is InChI=1S/C88H167NO10/c1-3-5-7-9-11-13-15-17-18-19-41-45-48-52-56-60-64-68-72-76-84(93)97-77-73-69-65-61-57-53-49-46-43-40-38-36-34-32-30-28-26-24-22-20-21-23-25-27-29-31-33-35-37-39-42-44-47-51-55-59-63-67-71-75-83(92)89-80(79-98-88-87(96)86(95)85(94)82(78-90)99-88)81(91)74-70-66-62-58-54-50-16-14-12-10-8-6-4-2/h11,13,17-18,70,74,80-82,85-88,90-91,94-96H,3-10,12,14-16,19-69,71-73,75-79H2,1-2H3,(H,89,92)/b13-11-,18-17-,74-70+. The van der Waals surface area contributed by atoms with E-state index >= 15 is 0 Å². The maximum absolute atomic E-state index is 13.1. The van der Waals surface area contributed by atoms with Crippen molar-refractivity contribution in [3.8, 4) is 0 Å². The molecular formula is C88H167NO10. The van der Waals surface area contributed by atoms with E-state index in [-0.39, 0.29) is 18.5 Å². The van der Waals surface area contributed by atoms with Crippen LogP contribution >= 0.6 is 0 Å². The van der Waals surface area contributed by atoms with Gasteiger partial charge in [-0.1, -0.05) is 410 Å². The molecule has 7 unspecified atom stereocenters. The molecule has 584 valence electrons. The second-order valence-corrected chi connectivity index (χ2v) is 30.6. The van der Waals surface area contributed by atoms with Crippen LogP contribution in [-0.2, 0) is 23.8 Å². The summed E-state index contributed by atoms with van der Waals surface area (Å²) >= 11 is 0. The highest BCUT2D eigenvalue weighted by Crippen LogP contribution is 2.24. The molecule has 6 N–H and O–H groups in total. The van der Waals surface area contributed by atoms with Crippen LogP contribution in [0.3, 0.4) is 0 Å². The molecule has 1 aliphatic heterocycles. The maximum Gasteiger partial charge on any atom is 0.305 e. The average Bonchev–Trinajstić information content (AvgIpc) is 0.866. The molecule has 0 aromatic carbocycles. The van der Waals surface area contributed by atoms with E-state index in [0.717, 1.165) is 64.2 Å². The van der Waals surface area contributed by atoms with Crippen LogP contribution in [0, 0.1) is 0 Å². The Labute approximate surface area is 613 Å². The van der Waals surface area contributed by atoms with E-state index in [1.807, 2.05) is 6.08 Å². The third-order valence-corrected chi connectivity index (χ3v) is 21.0. The summed E-state index contributed by atoms with van der Waals surface area (Å²) in [4.78, 5) is 25.2. The molecule has 1 fully saturated rings. The van der Waals surface area contributed by atoms with Crippen molar-refractivity contribution in [2.45, 2.75) is 493 Å². The highest BCUT2D eigenvalue weighted by atomic mass is 16.7. The van der Waals surface area contributed by atoms with Gasteiger partial charge in [0.15, 0.2) is 6.29 Å². The third-order valence-electron chi connectivity index (χ3n) is 21.0. The van der Waals surface area contributed by atoms with E-state index in [1.165, 1.54) is 360 Å². The molecule has 0 saturated carbocycles. The molecule has 11 heteroatoms. The number of hydrogen-bond acceptors (Lipinski definition) is 10. The quantitative estimate of drug-likeness (QED) is 0.0195. The molecule has 7 atom stereocenters. The number of rotatable bonds is 79. The molecule has 0 aromatic rings. The summed E-state index contributed by atoms with van der Waals surface area (Å²) in [6.07, 6.45) is 92.1. The monoisotopic (exact) mass is 1400 g/mol. The van der Waals surface area contributed by atoms with Crippen LogP contribution in [-0.4, -0.2) is 100 Å². The molecule has 1 rings (SSSR count). The number of carbonyl (C=O) groups excluding carboxylic acids is 2. The van der Waals surface area contributed by atoms with Crippen LogP contribution < -0.4 is 5.32 Å². The number of hydrogen-bond donors (Lipinski definition) is 6. The van der Waals surface area contributed by atoms with Crippen LogP contribution in [0.1, 0.15) is 450 Å². The van der Waals surface area contributed by atoms with Crippen LogP contribution in [0.15, 0.2) is 36.5 Å². The van der Waals surface area contributed by atoms with Crippen molar-refractivity contribution in [1.82, 2.24) is 5.32 Å². The van der Waals surface area contributed by atoms with Crippen molar-refractivity contribution in [1.29, 1.82) is 0 Å². The summed E-state index contributed by atoms with van der Waals surface area (Å²) in [6, 6.07) is -0.805. The molecule has 99 heavy (non-hydrogen) atoms. The first kappa shape index (κ1) is 94.9. The molecule has 0 aliphatic carbocycles. The third kappa shape index (κ3) is 65.2. The predicted octanol–water partition coefficient (Wildman–Crippen LogP) is 24.4. The van der Waals surface area contributed by atoms with Crippen molar-refractivity contribution in [2.75, 3.05) is 19.8 Å². The number of amides is 1. The first-order chi connectivity index (χ1) is 48.7.